The van der Waals surface area contributed by atoms with Crippen LogP contribution in [0.1, 0.15) is 43.3 Å². The molecule has 1 N–H and O–H groups in total. The summed E-state index contributed by atoms with van der Waals surface area (Å²) in [6, 6.07) is 7.86. The number of carboxylic acid groups (broad SMARTS) is 1. The van der Waals surface area contributed by atoms with E-state index in [1.165, 1.54) is 0 Å². The van der Waals surface area contributed by atoms with E-state index in [4.69, 9.17) is 4.42 Å². The molecule has 1 heterocycles. The number of nitrogens with zero attached hydrogens (tertiary/aromatic N) is 1. The van der Waals surface area contributed by atoms with Crippen molar-refractivity contribution in [3.05, 3.63) is 35.6 Å². The lowest BCUT2D eigenvalue weighted by Crippen LogP contribution is -2.31. The molecule has 0 fully saturated rings. The van der Waals surface area contributed by atoms with Crippen LogP contribution in [-0.4, -0.2) is 28.6 Å². The molecule has 1 aromatic carbocycles. The number of carboxylic acids is 1. The Kier molecular flexibility index (Phi) is 4.45. The summed E-state index contributed by atoms with van der Waals surface area (Å²) in [4.78, 5) is 13.7. The van der Waals surface area contributed by atoms with Crippen LogP contribution in [0.25, 0.3) is 11.0 Å². The quantitative estimate of drug-likeness (QED) is 0.872. The van der Waals surface area contributed by atoms with Gasteiger partial charge in [-0.15, -0.1) is 0 Å². The predicted molar refractivity (Wildman–Crippen MR) is 79.0 cm³/mol. The van der Waals surface area contributed by atoms with E-state index in [0.717, 1.165) is 23.9 Å². The first-order valence-corrected chi connectivity index (χ1v) is 7.02. The Bertz CT molecular complexity index is 601. The van der Waals surface area contributed by atoms with E-state index in [1.54, 1.807) is 0 Å². The van der Waals surface area contributed by atoms with Gasteiger partial charge < -0.3 is 9.52 Å². The highest BCUT2D eigenvalue weighted by molar-refractivity contribution is 5.95. The molecule has 0 aliphatic carbocycles. The molecule has 0 bridgehead atoms. The van der Waals surface area contributed by atoms with Crippen molar-refractivity contribution in [2.75, 3.05) is 6.54 Å². The van der Waals surface area contributed by atoms with E-state index < -0.39 is 5.97 Å². The molecule has 1 aromatic heterocycles. The van der Waals surface area contributed by atoms with E-state index in [0.29, 0.717) is 18.2 Å². The second kappa shape index (κ2) is 6.09. The first-order valence-electron chi connectivity index (χ1n) is 7.02. The van der Waals surface area contributed by atoms with Gasteiger partial charge in [-0.2, -0.15) is 0 Å². The Balaban J connectivity index is 2.45. The minimum atomic E-state index is -1.00. The third kappa shape index (κ3) is 2.85. The van der Waals surface area contributed by atoms with Gasteiger partial charge in [0, 0.05) is 23.5 Å². The summed E-state index contributed by atoms with van der Waals surface area (Å²) < 4.78 is 5.49. The van der Waals surface area contributed by atoms with Crippen LogP contribution in [0.3, 0.4) is 0 Å². The van der Waals surface area contributed by atoms with Gasteiger partial charge in [0.15, 0.2) is 0 Å². The molecular formula is C16H21NO3. The Hall–Kier alpha value is -1.81. The van der Waals surface area contributed by atoms with Crippen LogP contribution < -0.4 is 0 Å². The summed E-state index contributed by atoms with van der Waals surface area (Å²) in [5.74, 6) is -0.940. The molecule has 0 saturated carbocycles. The van der Waals surface area contributed by atoms with Gasteiger partial charge in [-0.25, -0.2) is 4.79 Å². The van der Waals surface area contributed by atoms with Gasteiger partial charge in [0.1, 0.15) is 5.58 Å². The highest BCUT2D eigenvalue weighted by atomic mass is 16.4. The number of hydrogen-bond donors (Lipinski definition) is 1. The molecular weight excluding hydrogens is 254 g/mol. The van der Waals surface area contributed by atoms with Crippen LogP contribution >= 0.6 is 0 Å². The van der Waals surface area contributed by atoms with Gasteiger partial charge in [0.2, 0.25) is 5.76 Å². The van der Waals surface area contributed by atoms with Gasteiger partial charge >= 0.3 is 5.97 Å². The topological polar surface area (TPSA) is 53.7 Å². The van der Waals surface area contributed by atoms with Gasteiger partial charge in [-0.3, -0.25) is 4.90 Å². The maximum atomic E-state index is 11.4. The Labute approximate surface area is 119 Å². The maximum Gasteiger partial charge on any atom is 0.372 e. The number of aromatic carboxylic acids is 1. The summed E-state index contributed by atoms with van der Waals surface area (Å²) in [6.45, 7) is 7.91. The summed E-state index contributed by atoms with van der Waals surface area (Å²) >= 11 is 0. The molecule has 0 unspecified atom stereocenters. The molecule has 0 amide bonds. The molecule has 2 aromatic rings. The van der Waals surface area contributed by atoms with Crippen molar-refractivity contribution >= 4 is 16.9 Å². The van der Waals surface area contributed by atoms with E-state index in [2.05, 4.69) is 25.7 Å². The van der Waals surface area contributed by atoms with Crippen molar-refractivity contribution in [2.45, 2.75) is 39.8 Å². The van der Waals surface area contributed by atoms with Crippen LogP contribution in [-0.2, 0) is 6.54 Å². The predicted octanol–water partition coefficient (Wildman–Crippen LogP) is 3.75. The summed E-state index contributed by atoms with van der Waals surface area (Å²) in [7, 11) is 0. The second-order valence-corrected chi connectivity index (χ2v) is 5.28. The molecule has 4 heteroatoms. The summed E-state index contributed by atoms with van der Waals surface area (Å²) in [6.07, 6.45) is 1.04. The average Bonchev–Trinajstić information content (AvgIpc) is 2.77. The molecule has 0 aliphatic rings. The molecule has 0 saturated heterocycles. The van der Waals surface area contributed by atoms with Crippen LogP contribution in [0.15, 0.2) is 28.7 Å². The van der Waals surface area contributed by atoms with Crippen molar-refractivity contribution in [1.29, 1.82) is 0 Å². The first kappa shape index (κ1) is 14.6. The molecule has 0 spiro atoms. The number of para-hydroxylation sites is 1. The zero-order valence-electron chi connectivity index (χ0n) is 12.2. The monoisotopic (exact) mass is 275 g/mol. The van der Waals surface area contributed by atoms with Gasteiger partial charge in [-0.05, 0) is 32.9 Å². The van der Waals surface area contributed by atoms with E-state index in [-0.39, 0.29) is 5.76 Å². The van der Waals surface area contributed by atoms with Crippen LogP contribution in [0.2, 0.25) is 0 Å². The number of furan rings is 1. The Morgan fingerprint density at radius 1 is 1.35 bits per heavy atom. The van der Waals surface area contributed by atoms with Gasteiger partial charge in [-0.1, -0.05) is 25.1 Å². The maximum absolute atomic E-state index is 11.4. The van der Waals surface area contributed by atoms with Crippen LogP contribution in [0.5, 0.6) is 0 Å². The number of carbonyl (C=O) groups is 1. The van der Waals surface area contributed by atoms with E-state index in [9.17, 15) is 9.90 Å². The van der Waals surface area contributed by atoms with E-state index in [1.807, 2.05) is 24.3 Å². The van der Waals surface area contributed by atoms with Gasteiger partial charge in [0.25, 0.3) is 0 Å². The minimum absolute atomic E-state index is 0.0629. The van der Waals surface area contributed by atoms with Crippen molar-refractivity contribution in [1.82, 2.24) is 4.90 Å². The van der Waals surface area contributed by atoms with Crippen LogP contribution in [0.4, 0.5) is 0 Å². The standard InChI is InChI=1S/C16H21NO3/c1-4-9-17(11(2)3)10-13-12-7-5-6-8-14(12)20-15(13)16(18)19/h5-8,11H,4,9-10H2,1-3H3,(H,18,19). The van der Waals surface area contributed by atoms with Crippen molar-refractivity contribution < 1.29 is 14.3 Å². The summed E-state index contributed by atoms with van der Waals surface area (Å²) in [5.41, 5.74) is 1.41. The normalized spacial score (nSPS) is 11.7. The van der Waals surface area contributed by atoms with Crippen molar-refractivity contribution in [3.8, 4) is 0 Å². The average molecular weight is 275 g/mol. The number of fused-ring (bicyclic) bond motifs is 1. The Morgan fingerprint density at radius 2 is 2.05 bits per heavy atom. The van der Waals surface area contributed by atoms with Crippen molar-refractivity contribution in [2.24, 2.45) is 0 Å². The fourth-order valence-electron chi connectivity index (χ4n) is 2.44. The third-order valence-corrected chi connectivity index (χ3v) is 3.49. The molecule has 20 heavy (non-hydrogen) atoms. The third-order valence-electron chi connectivity index (χ3n) is 3.49. The van der Waals surface area contributed by atoms with Crippen LogP contribution in [0, 0.1) is 0 Å². The number of rotatable bonds is 6. The molecule has 0 radical (unpaired) electrons. The van der Waals surface area contributed by atoms with Gasteiger partial charge in [0.05, 0.1) is 0 Å². The van der Waals surface area contributed by atoms with Crippen molar-refractivity contribution in [3.63, 3.8) is 0 Å². The molecule has 0 aliphatic heterocycles. The smallest absolute Gasteiger partial charge is 0.372 e. The molecule has 4 nitrogen and oxygen atoms in total. The number of benzene rings is 1. The van der Waals surface area contributed by atoms with E-state index >= 15 is 0 Å². The largest absolute Gasteiger partial charge is 0.475 e. The molecule has 0 atom stereocenters. The summed E-state index contributed by atoms with van der Waals surface area (Å²) in [5, 5.41) is 10.2. The lowest BCUT2D eigenvalue weighted by molar-refractivity contribution is 0.0661. The zero-order valence-corrected chi connectivity index (χ0v) is 12.2. The fraction of sp³-hybridized carbons (Fsp3) is 0.438. The Morgan fingerprint density at radius 3 is 2.65 bits per heavy atom. The lowest BCUT2D eigenvalue weighted by Gasteiger charge is -2.25. The highest BCUT2D eigenvalue weighted by Crippen LogP contribution is 2.27. The second-order valence-electron chi connectivity index (χ2n) is 5.28. The SMILES string of the molecule is CCCN(Cc1c(C(=O)O)oc2ccccc12)C(C)C. The first-order chi connectivity index (χ1) is 9.54. The number of hydrogen-bond acceptors (Lipinski definition) is 3. The zero-order chi connectivity index (χ0) is 14.7. The highest BCUT2D eigenvalue weighted by Gasteiger charge is 2.22. The minimum Gasteiger partial charge on any atom is -0.475 e. The molecule has 2 rings (SSSR count). The molecule has 108 valence electrons. The fourth-order valence-corrected chi connectivity index (χ4v) is 2.44. The lowest BCUT2D eigenvalue weighted by atomic mass is 10.1.